The first-order valence-electron chi connectivity index (χ1n) is 4.89. The van der Waals surface area contributed by atoms with E-state index in [2.05, 4.69) is 0 Å². The standard InChI is InChI=1S/C10H12ClN3O3S/c1-5(9(15)14-10(13)16)18(17)8-3-2-6(11)4-7(8)12/h2-5H,12H2,1H3,(H3,13,14,15,16). The second kappa shape index (κ2) is 5.83. The molecule has 0 spiro atoms. The zero-order valence-electron chi connectivity index (χ0n) is 9.48. The molecule has 0 fully saturated rings. The summed E-state index contributed by atoms with van der Waals surface area (Å²) < 4.78 is 12.1. The van der Waals surface area contributed by atoms with Gasteiger partial charge in [0.25, 0.3) is 0 Å². The van der Waals surface area contributed by atoms with Crippen molar-refractivity contribution in [1.29, 1.82) is 0 Å². The van der Waals surface area contributed by atoms with Gasteiger partial charge in [-0.15, -0.1) is 0 Å². The molecule has 5 N–H and O–H groups in total. The lowest BCUT2D eigenvalue weighted by Gasteiger charge is -2.12. The molecule has 18 heavy (non-hydrogen) atoms. The number of rotatable bonds is 3. The molecule has 2 atom stereocenters. The summed E-state index contributed by atoms with van der Waals surface area (Å²) in [5, 5.41) is 1.31. The Morgan fingerprint density at radius 2 is 2.06 bits per heavy atom. The molecule has 0 heterocycles. The number of primary amides is 1. The topological polar surface area (TPSA) is 115 Å². The third kappa shape index (κ3) is 3.44. The number of anilines is 1. The van der Waals surface area contributed by atoms with Crippen LogP contribution in [0.5, 0.6) is 0 Å². The first-order valence-corrected chi connectivity index (χ1v) is 6.48. The monoisotopic (exact) mass is 289 g/mol. The summed E-state index contributed by atoms with van der Waals surface area (Å²) in [5.74, 6) is -0.727. The van der Waals surface area contributed by atoms with Crippen molar-refractivity contribution in [1.82, 2.24) is 5.32 Å². The average Bonchev–Trinajstić information content (AvgIpc) is 2.26. The predicted octanol–water partition coefficient (Wildman–Crippen LogP) is 0.613. The van der Waals surface area contributed by atoms with Crippen LogP contribution in [0.4, 0.5) is 10.5 Å². The molecule has 98 valence electrons. The molecular weight excluding hydrogens is 278 g/mol. The Morgan fingerprint density at radius 3 is 2.56 bits per heavy atom. The highest BCUT2D eigenvalue weighted by Gasteiger charge is 2.23. The number of carbonyl (C=O) groups excluding carboxylic acids is 2. The summed E-state index contributed by atoms with van der Waals surface area (Å²) >= 11 is 5.71. The van der Waals surface area contributed by atoms with Crippen LogP contribution in [0.1, 0.15) is 6.92 Å². The maximum atomic E-state index is 12.1. The molecule has 1 rings (SSSR count). The zero-order valence-corrected chi connectivity index (χ0v) is 11.0. The molecule has 0 aliphatic rings. The predicted molar refractivity (Wildman–Crippen MR) is 69.5 cm³/mol. The van der Waals surface area contributed by atoms with Crippen LogP contribution in [0.2, 0.25) is 5.02 Å². The van der Waals surface area contributed by atoms with E-state index in [-0.39, 0.29) is 10.6 Å². The minimum Gasteiger partial charge on any atom is -0.398 e. The van der Waals surface area contributed by atoms with E-state index in [0.29, 0.717) is 5.02 Å². The van der Waals surface area contributed by atoms with Gasteiger partial charge in [-0.1, -0.05) is 11.6 Å². The SMILES string of the molecule is CC(C(=O)NC(N)=O)S(=O)c1ccc(Cl)cc1N. The van der Waals surface area contributed by atoms with Crippen molar-refractivity contribution in [3.63, 3.8) is 0 Å². The molecule has 1 aromatic rings. The molecular formula is C10H12ClN3O3S. The number of hydrogen-bond donors (Lipinski definition) is 3. The molecule has 3 amide bonds. The summed E-state index contributed by atoms with van der Waals surface area (Å²) in [5.41, 5.74) is 10.7. The van der Waals surface area contributed by atoms with Crippen molar-refractivity contribution in [3.05, 3.63) is 23.2 Å². The van der Waals surface area contributed by atoms with Gasteiger partial charge in [0, 0.05) is 10.7 Å². The first-order chi connectivity index (χ1) is 8.32. The van der Waals surface area contributed by atoms with Gasteiger partial charge >= 0.3 is 6.03 Å². The molecule has 2 unspecified atom stereocenters. The number of urea groups is 1. The van der Waals surface area contributed by atoms with Crippen molar-refractivity contribution in [2.75, 3.05) is 5.73 Å². The lowest BCUT2D eigenvalue weighted by molar-refractivity contribution is -0.119. The highest BCUT2D eigenvalue weighted by Crippen LogP contribution is 2.23. The van der Waals surface area contributed by atoms with Gasteiger partial charge in [-0.2, -0.15) is 0 Å². The van der Waals surface area contributed by atoms with E-state index in [1.54, 1.807) is 0 Å². The highest BCUT2D eigenvalue weighted by molar-refractivity contribution is 7.86. The van der Waals surface area contributed by atoms with Gasteiger partial charge < -0.3 is 11.5 Å². The van der Waals surface area contributed by atoms with E-state index in [1.165, 1.54) is 25.1 Å². The zero-order chi connectivity index (χ0) is 13.9. The van der Waals surface area contributed by atoms with Crippen LogP contribution in [-0.2, 0) is 15.6 Å². The van der Waals surface area contributed by atoms with Crippen LogP contribution in [0.3, 0.4) is 0 Å². The maximum absolute atomic E-state index is 12.1. The van der Waals surface area contributed by atoms with Crippen molar-refractivity contribution in [2.45, 2.75) is 17.1 Å². The molecule has 0 bridgehead atoms. The highest BCUT2D eigenvalue weighted by atomic mass is 35.5. The number of amides is 3. The van der Waals surface area contributed by atoms with Crippen LogP contribution < -0.4 is 16.8 Å². The Kier molecular flexibility index (Phi) is 4.69. The second-order valence-corrected chi connectivity index (χ2v) is 5.65. The van der Waals surface area contributed by atoms with Crippen LogP contribution >= 0.6 is 11.6 Å². The van der Waals surface area contributed by atoms with E-state index >= 15 is 0 Å². The van der Waals surface area contributed by atoms with Crippen LogP contribution in [0.25, 0.3) is 0 Å². The number of halogens is 1. The smallest absolute Gasteiger partial charge is 0.318 e. The number of nitrogen functional groups attached to an aromatic ring is 1. The van der Waals surface area contributed by atoms with E-state index in [1.807, 2.05) is 5.32 Å². The second-order valence-electron chi connectivity index (χ2n) is 3.48. The fourth-order valence-corrected chi connectivity index (χ4v) is 2.52. The fraction of sp³-hybridized carbons (Fsp3) is 0.200. The summed E-state index contributed by atoms with van der Waals surface area (Å²) in [6.45, 7) is 1.41. The van der Waals surface area contributed by atoms with E-state index in [0.717, 1.165) is 0 Å². The summed E-state index contributed by atoms with van der Waals surface area (Å²) in [7, 11) is -1.70. The number of imide groups is 1. The number of nitrogens with two attached hydrogens (primary N) is 2. The number of carbonyl (C=O) groups is 2. The molecule has 0 aliphatic carbocycles. The number of hydrogen-bond acceptors (Lipinski definition) is 4. The Bertz CT molecular complexity index is 521. The van der Waals surface area contributed by atoms with Crippen molar-refractivity contribution in [2.24, 2.45) is 5.73 Å². The first kappa shape index (κ1) is 14.5. The summed E-state index contributed by atoms with van der Waals surface area (Å²) in [6.07, 6.45) is 0. The van der Waals surface area contributed by atoms with Gasteiger partial charge in [-0.3, -0.25) is 14.3 Å². The van der Waals surface area contributed by atoms with Crippen LogP contribution in [0.15, 0.2) is 23.1 Å². The molecule has 0 saturated carbocycles. The van der Waals surface area contributed by atoms with E-state index < -0.39 is 28.0 Å². The van der Waals surface area contributed by atoms with Crippen molar-refractivity contribution >= 4 is 40.0 Å². The molecule has 0 aromatic heterocycles. The van der Waals surface area contributed by atoms with Crippen LogP contribution in [0, 0.1) is 0 Å². The maximum Gasteiger partial charge on any atom is 0.318 e. The normalized spacial score (nSPS) is 13.7. The Hall–Kier alpha value is -1.60. The fourth-order valence-electron chi connectivity index (χ4n) is 1.21. The Balaban J connectivity index is 2.93. The van der Waals surface area contributed by atoms with Crippen molar-refractivity contribution in [3.8, 4) is 0 Å². The Morgan fingerprint density at radius 1 is 1.44 bits per heavy atom. The Labute approximate surface area is 111 Å². The minimum absolute atomic E-state index is 0.222. The third-order valence-electron chi connectivity index (χ3n) is 2.13. The minimum atomic E-state index is -1.70. The lowest BCUT2D eigenvalue weighted by Crippen LogP contribution is -2.42. The lowest BCUT2D eigenvalue weighted by atomic mass is 10.3. The van der Waals surface area contributed by atoms with E-state index in [4.69, 9.17) is 23.1 Å². The molecule has 0 aliphatic heterocycles. The largest absolute Gasteiger partial charge is 0.398 e. The molecule has 6 nitrogen and oxygen atoms in total. The van der Waals surface area contributed by atoms with Gasteiger partial charge in [-0.25, -0.2) is 4.79 Å². The van der Waals surface area contributed by atoms with Crippen molar-refractivity contribution < 1.29 is 13.8 Å². The summed E-state index contributed by atoms with van der Waals surface area (Å²) in [6, 6.07) is 3.44. The van der Waals surface area contributed by atoms with Crippen LogP contribution in [-0.4, -0.2) is 21.4 Å². The number of nitrogens with one attached hydrogen (secondary N) is 1. The number of benzene rings is 1. The molecule has 8 heteroatoms. The molecule has 0 saturated heterocycles. The van der Waals surface area contributed by atoms with Gasteiger partial charge in [0.2, 0.25) is 5.91 Å². The van der Waals surface area contributed by atoms with Gasteiger partial charge in [0.15, 0.2) is 0 Å². The van der Waals surface area contributed by atoms with Gasteiger partial charge in [0.1, 0.15) is 5.25 Å². The van der Waals surface area contributed by atoms with Gasteiger partial charge in [-0.05, 0) is 25.1 Å². The third-order valence-corrected chi connectivity index (χ3v) is 4.02. The van der Waals surface area contributed by atoms with Gasteiger partial charge in [0.05, 0.1) is 15.7 Å². The van der Waals surface area contributed by atoms with E-state index in [9.17, 15) is 13.8 Å². The average molecular weight is 290 g/mol. The summed E-state index contributed by atoms with van der Waals surface area (Å²) in [4.78, 5) is 22.3. The quantitative estimate of drug-likeness (QED) is 0.707. The molecule has 0 radical (unpaired) electrons. The molecule has 1 aromatic carbocycles.